The smallest absolute Gasteiger partial charge is 0.325 e. The largest absolute Gasteiger partial charge is 0.468 e. The van der Waals surface area contributed by atoms with Crippen LogP contribution in [0, 0.1) is 0 Å². The Hall–Kier alpha value is -2.32. The highest BCUT2D eigenvalue weighted by atomic mass is 35.5. The molecule has 0 aliphatic rings. The summed E-state index contributed by atoms with van der Waals surface area (Å²) in [6, 6.07) is 7.42. The molecule has 0 aliphatic carbocycles. The number of carbonyl (C=O) groups is 1. The quantitative estimate of drug-likeness (QED) is 0.384. The Bertz CT molecular complexity index is 981. The summed E-state index contributed by atoms with van der Waals surface area (Å²) in [5.74, 6) is -0.461. The molecule has 130 valence electrons. The maximum atomic E-state index is 12.4. The molecule has 0 N–H and O–H groups in total. The lowest BCUT2D eigenvalue weighted by atomic mass is 10.2. The number of esters is 1. The second-order valence-corrected chi connectivity index (χ2v) is 6.45. The molecule has 3 rings (SSSR count). The number of carbonyl (C=O) groups excluding carboxylic acids is 1. The number of halogens is 1. The second-order valence-electron chi connectivity index (χ2n) is 5.24. The number of nitrogens with zero attached hydrogens (tertiary/aromatic N) is 4. The molecule has 0 atom stereocenters. The average molecular weight is 379 g/mol. The number of imidazole rings is 1. The Morgan fingerprint density at radius 1 is 1.32 bits per heavy atom. The first-order chi connectivity index (χ1) is 12.0. The lowest BCUT2D eigenvalue weighted by molar-refractivity contribution is -0.141. The van der Waals surface area contributed by atoms with Gasteiger partial charge in [0.15, 0.2) is 16.3 Å². The van der Waals surface area contributed by atoms with Gasteiger partial charge in [-0.2, -0.15) is 4.98 Å². The van der Waals surface area contributed by atoms with Gasteiger partial charge in [0.25, 0.3) is 5.56 Å². The van der Waals surface area contributed by atoms with Gasteiger partial charge in [-0.15, -0.1) is 0 Å². The first-order valence-corrected chi connectivity index (χ1v) is 8.94. The van der Waals surface area contributed by atoms with Crippen LogP contribution in [0.1, 0.15) is 5.56 Å². The van der Waals surface area contributed by atoms with Crippen molar-refractivity contribution >= 4 is 40.5 Å². The van der Waals surface area contributed by atoms with Gasteiger partial charge in [0, 0.05) is 5.02 Å². The lowest BCUT2D eigenvalue weighted by Gasteiger charge is -2.12. The number of benzene rings is 1. The second kappa shape index (κ2) is 7.28. The van der Waals surface area contributed by atoms with E-state index in [4.69, 9.17) is 11.6 Å². The summed E-state index contributed by atoms with van der Waals surface area (Å²) in [5, 5.41) is 1.20. The predicted molar refractivity (Wildman–Crippen MR) is 96.1 cm³/mol. The van der Waals surface area contributed by atoms with Crippen LogP contribution in [0.3, 0.4) is 0 Å². The molecule has 2 aromatic heterocycles. The van der Waals surface area contributed by atoms with E-state index in [2.05, 4.69) is 14.7 Å². The Morgan fingerprint density at radius 2 is 2.04 bits per heavy atom. The summed E-state index contributed by atoms with van der Waals surface area (Å²) in [4.78, 5) is 32.4. The van der Waals surface area contributed by atoms with Gasteiger partial charge < -0.3 is 9.30 Å². The highest BCUT2D eigenvalue weighted by Crippen LogP contribution is 2.19. The Balaban J connectivity index is 2.12. The average Bonchev–Trinajstić information content (AvgIpc) is 3.03. The molecule has 1 aromatic carbocycles. The highest BCUT2D eigenvalue weighted by molar-refractivity contribution is 7.98. The minimum atomic E-state index is -0.461. The third-order valence-corrected chi connectivity index (χ3v) is 4.60. The molecular formula is C16H15ClN4O3S. The Labute approximate surface area is 152 Å². The van der Waals surface area contributed by atoms with E-state index in [1.54, 1.807) is 12.1 Å². The Kier molecular flexibility index (Phi) is 5.10. The van der Waals surface area contributed by atoms with Crippen molar-refractivity contribution in [3.05, 3.63) is 51.5 Å². The van der Waals surface area contributed by atoms with Crippen LogP contribution in [0.4, 0.5) is 0 Å². The van der Waals surface area contributed by atoms with Crippen molar-refractivity contribution in [2.75, 3.05) is 13.4 Å². The van der Waals surface area contributed by atoms with E-state index >= 15 is 0 Å². The summed E-state index contributed by atoms with van der Waals surface area (Å²) < 4.78 is 7.96. The molecule has 0 saturated heterocycles. The van der Waals surface area contributed by atoms with Gasteiger partial charge in [-0.3, -0.25) is 14.2 Å². The highest BCUT2D eigenvalue weighted by Gasteiger charge is 2.17. The molecule has 0 amide bonds. The van der Waals surface area contributed by atoms with Crippen molar-refractivity contribution < 1.29 is 9.53 Å². The number of ether oxygens (including phenoxy) is 1. The summed E-state index contributed by atoms with van der Waals surface area (Å²) in [6.45, 7) is 0.385. The number of fused-ring (bicyclic) bond motifs is 1. The van der Waals surface area contributed by atoms with Gasteiger partial charge in [0.05, 0.1) is 20.0 Å². The predicted octanol–water partition coefficient (Wildman–Crippen LogP) is 2.19. The first-order valence-electron chi connectivity index (χ1n) is 7.34. The van der Waals surface area contributed by atoms with Crippen LogP contribution in [0.5, 0.6) is 0 Å². The fourth-order valence-electron chi connectivity index (χ4n) is 2.47. The lowest BCUT2D eigenvalue weighted by Crippen LogP contribution is -2.20. The third-order valence-electron chi connectivity index (χ3n) is 3.67. The molecule has 0 radical (unpaired) electrons. The van der Waals surface area contributed by atoms with Gasteiger partial charge in [-0.25, -0.2) is 4.98 Å². The van der Waals surface area contributed by atoms with E-state index in [0.717, 1.165) is 5.56 Å². The summed E-state index contributed by atoms with van der Waals surface area (Å²) in [5.41, 5.74) is 1.32. The maximum absolute atomic E-state index is 12.4. The van der Waals surface area contributed by atoms with Crippen LogP contribution in [-0.4, -0.2) is 38.4 Å². The summed E-state index contributed by atoms with van der Waals surface area (Å²) in [7, 11) is 1.30. The summed E-state index contributed by atoms with van der Waals surface area (Å²) >= 11 is 7.29. The van der Waals surface area contributed by atoms with Crippen molar-refractivity contribution in [2.45, 2.75) is 18.2 Å². The van der Waals surface area contributed by atoms with Crippen molar-refractivity contribution in [3.63, 3.8) is 0 Å². The normalized spacial score (nSPS) is 11.0. The standard InChI is InChI=1S/C16H15ClN4O3S/c1-24-12(22)8-20-9-18-14-13(20)15(23)19-16(25-2)21(14)7-10-3-5-11(17)6-4-10/h3-6,9H,7-8H2,1-2H3. The van der Waals surface area contributed by atoms with Crippen LogP contribution in [-0.2, 0) is 22.6 Å². The monoisotopic (exact) mass is 378 g/mol. The minimum absolute atomic E-state index is 0.0938. The third kappa shape index (κ3) is 3.54. The molecule has 0 aliphatic heterocycles. The van der Waals surface area contributed by atoms with E-state index in [1.165, 1.54) is 29.8 Å². The van der Waals surface area contributed by atoms with E-state index in [-0.39, 0.29) is 12.1 Å². The molecule has 3 aromatic rings. The SMILES string of the molecule is COC(=O)Cn1cnc2c1c(=O)nc(SC)n2Cc1ccc(Cl)cc1. The zero-order valence-electron chi connectivity index (χ0n) is 13.6. The van der Waals surface area contributed by atoms with Gasteiger partial charge in [0.1, 0.15) is 6.54 Å². The molecule has 0 fully saturated rings. The molecule has 9 heteroatoms. The number of hydrogen-bond acceptors (Lipinski definition) is 6. The zero-order chi connectivity index (χ0) is 18.0. The van der Waals surface area contributed by atoms with E-state index < -0.39 is 11.5 Å². The number of hydrogen-bond donors (Lipinski definition) is 0. The molecule has 25 heavy (non-hydrogen) atoms. The van der Waals surface area contributed by atoms with E-state index in [1.807, 2.05) is 23.0 Å². The van der Waals surface area contributed by atoms with Crippen LogP contribution in [0.25, 0.3) is 11.2 Å². The van der Waals surface area contributed by atoms with Gasteiger partial charge >= 0.3 is 5.97 Å². The number of rotatable bonds is 5. The minimum Gasteiger partial charge on any atom is -0.468 e. The van der Waals surface area contributed by atoms with Gasteiger partial charge in [-0.05, 0) is 24.0 Å². The van der Waals surface area contributed by atoms with Crippen molar-refractivity contribution in [1.29, 1.82) is 0 Å². The van der Waals surface area contributed by atoms with Crippen LogP contribution in [0.2, 0.25) is 5.02 Å². The van der Waals surface area contributed by atoms with E-state index in [9.17, 15) is 9.59 Å². The molecule has 7 nitrogen and oxygen atoms in total. The molecular weight excluding hydrogens is 364 g/mol. The van der Waals surface area contributed by atoms with Crippen molar-refractivity contribution in [3.8, 4) is 0 Å². The van der Waals surface area contributed by atoms with Gasteiger partial charge in [0.2, 0.25) is 0 Å². The van der Waals surface area contributed by atoms with Gasteiger partial charge in [-0.1, -0.05) is 35.5 Å². The topological polar surface area (TPSA) is 79.0 Å². The van der Waals surface area contributed by atoms with E-state index in [0.29, 0.717) is 22.4 Å². The molecule has 0 bridgehead atoms. The van der Waals surface area contributed by atoms with Crippen LogP contribution in [0.15, 0.2) is 40.5 Å². The number of aromatic nitrogens is 4. The molecule has 0 saturated carbocycles. The zero-order valence-corrected chi connectivity index (χ0v) is 15.2. The first kappa shape index (κ1) is 17.5. The van der Waals surface area contributed by atoms with Crippen LogP contribution < -0.4 is 5.56 Å². The van der Waals surface area contributed by atoms with Crippen molar-refractivity contribution in [2.24, 2.45) is 0 Å². The molecule has 0 spiro atoms. The summed E-state index contributed by atoms with van der Waals surface area (Å²) in [6.07, 6.45) is 3.30. The Morgan fingerprint density at radius 3 is 2.68 bits per heavy atom. The fourth-order valence-corrected chi connectivity index (χ4v) is 3.14. The number of thioether (sulfide) groups is 1. The molecule has 0 unspecified atom stereocenters. The number of methoxy groups -OCH3 is 1. The van der Waals surface area contributed by atoms with Crippen LogP contribution >= 0.6 is 23.4 Å². The van der Waals surface area contributed by atoms with Crippen molar-refractivity contribution in [1.82, 2.24) is 19.1 Å². The molecule has 2 heterocycles. The maximum Gasteiger partial charge on any atom is 0.325 e. The fraction of sp³-hybridized carbons (Fsp3) is 0.250.